The van der Waals surface area contributed by atoms with Crippen molar-refractivity contribution in [3.05, 3.63) is 66.7 Å². The quantitative estimate of drug-likeness (QED) is 0.438. The first-order chi connectivity index (χ1) is 10.2. The van der Waals surface area contributed by atoms with E-state index in [1.807, 2.05) is 12.1 Å². The second kappa shape index (κ2) is 5.60. The number of allylic oxidation sites excluding steroid dienone is 1. The Hall–Kier alpha value is -2.30. The topological polar surface area (TPSA) is 49.7 Å². The zero-order chi connectivity index (χ0) is 14.8. The molecule has 0 aliphatic heterocycles. The summed E-state index contributed by atoms with van der Waals surface area (Å²) in [6.07, 6.45) is 2.75. The minimum absolute atomic E-state index is 0.431. The van der Waals surface area contributed by atoms with Gasteiger partial charge in [-0.3, -0.25) is 0 Å². The molecule has 0 aromatic heterocycles. The van der Waals surface area contributed by atoms with Crippen molar-refractivity contribution in [2.45, 2.75) is 6.42 Å². The van der Waals surface area contributed by atoms with Crippen LogP contribution in [-0.4, -0.2) is 17.4 Å². The van der Waals surface area contributed by atoms with Gasteiger partial charge in [0, 0.05) is 0 Å². The van der Waals surface area contributed by atoms with Crippen LogP contribution in [0.25, 0.3) is 21.5 Å². The highest BCUT2D eigenvalue weighted by Crippen LogP contribution is 2.27. The second-order valence-electron chi connectivity index (χ2n) is 4.98. The van der Waals surface area contributed by atoms with Gasteiger partial charge >= 0.3 is 7.32 Å². The van der Waals surface area contributed by atoms with Crippen molar-refractivity contribution in [1.29, 1.82) is 0 Å². The van der Waals surface area contributed by atoms with Crippen LogP contribution in [0.15, 0.2) is 61.2 Å². The molecule has 0 amide bonds. The van der Waals surface area contributed by atoms with Gasteiger partial charge in [-0.2, -0.15) is 0 Å². The Bertz CT molecular complexity index is 812. The van der Waals surface area contributed by atoms with E-state index in [0.29, 0.717) is 5.75 Å². The molecule has 0 radical (unpaired) electrons. The molecular weight excluding hydrogens is 263 g/mol. The molecule has 3 nitrogen and oxygen atoms in total. The second-order valence-corrected chi connectivity index (χ2v) is 4.98. The molecular formula is C17H15BO3. The van der Waals surface area contributed by atoms with Crippen molar-refractivity contribution in [2.24, 2.45) is 0 Å². The van der Waals surface area contributed by atoms with Crippen LogP contribution in [0.2, 0.25) is 0 Å². The smallest absolute Gasteiger partial charge is 0.512 e. The molecule has 0 aliphatic carbocycles. The lowest BCUT2D eigenvalue weighted by atomic mass is 10.0. The van der Waals surface area contributed by atoms with Crippen LogP contribution in [0.4, 0.5) is 0 Å². The molecule has 0 aliphatic rings. The summed E-state index contributed by atoms with van der Waals surface area (Å²) in [5.74, 6) is 0.431. The Morgan fingerprint density at radius 3 is 2.24 bits per heavy atom. The van der Waals surface area contributed by atoms with E-state index < -0.39 is 7.32 Å². The molecule has 0 atom stereocenters. The Morgan fingerprint density at radius 1 is 0.905 bits per heavy atom. The molecule has 4 heteroatoms. The van der Waals surface area contributed by atoms with Gasteiger partial charge in [-0.15, -0.1) is 6.58 Å². The number of hydrogen-bond donors (Lipinski definition) is 2. The summed E-state index contributed by atoms with van der Waals surface area (Å²) >= 11 is 0. The Morgan fingerprint density at radius 2 is 1.57 bits per heavy atom. The number of rotatable bonds is 4. The average Bonchev–Trinajstić information content (AvgIpc) is 2.45. The number of hydrogen-bond acceptors (Lipinski definition) is 3. The van der Waals surface area contributed by atoms with Gasteiger partial charge in [-0.25, -0.2) is 0 Å². The predicted octanol–water partition coefficient (Wildman–Crippen LogP) is 3.07. The number of fused-ring (bicyclic) bond motifs is 2. The Labute approximate surface area is 123 Å². The fourth-order valence-corrected chi connectivity index (χ4v) is 2.51. The van der Waals surface area contributed by atoms with E-state index in [0.717, 1.165) is 22.6 Å². The van der Waals surface area contributed by atoms with Crippen LogP contribution in [0.3, 0.4) is 0 Å². The van der Waals surface area contributed by atoms with Crippen LogP contribution < -0.4 is 4.65 Å². The van der Waals surface area contributed by atoms with E-state index in [4.69, 9.17) is 14.7 Å². The molecule has 0 bridgehead atoms. The fourth-order valence-electron chi connectivity index (χ4n) is 2.51. The lowest BCUT2D eigenvalue weighted by molar-refractivity contribution is 0.288. The molecule has 0 fully saturated rings. The molecule has 0 saturated heterocycles. The Balaban J connectivity index is 2.10. The summed E-state index contributed by atoms with van der Waals surface area (Å²) in [6.45, 7) is 3.76. The zero-order valence-corrected chi connectivity index (χ0v) is 11.5. The normalized spacial score (nSPS) is 10.8. The maximum Gasteiger partial charge on any atom is 0.707 e. The van der Waals surface area contributed by atoms with Gasteiger partial charge in [0.25, 0.3) is 0 Å². The molecule has 3 rings (SSSR count). The first-order valence-corrected chi connectivity index (χ1v) is 6.76. The first-order valence-electron chi connectivity index (χ1n) is 6.76. The van der Waals surface area contributed by atoms with Crippen molar-refractivity contribution in [1.82, 2.24) is 0 Å². The van der Waals surface area contributed by atoms with Crippen molar-refractivity contribution < 1.29 is 14.7 Å². The van der Waals surface area contributed by atoms with Gasteiger partial charge in [-0.1, -0.05) is 30.3 Å². The van der Waals surface area contributed by atoms with Crippen LogP contribution >= 0.6 is 0 Å². The lowest BCUT2D eigenvalue weighted by Gasteiger charge is -2.08. The van der Waals surface area contributed by atoms with E-state index in [9.17, 15) is 0 Å². The van der Waals surface area contributed by atoms with E-state index in [-0.39, 0.29) is 0 Å². The zero-order valence-electron chi connectivity index (χ0n) is 11.5. The summed E-state index contributed by atoms with van der Waals surface area (Å²) in [6, 6.07) is 16.0. The monoisotopic (exact) mass is 278 g/mol. The lowest BCUT2D eigenvalue weighted by Crippen LogP contribution is -2.20. The van der Waals surface area contributed by atoms with Crippen LogP contribution in [0.1, 0.15) is 5.56 Å². The SMILES string of the molecule is C=CCc1ccc2cc3cc(OB(O)O)ccc3cc2c1. The third kappa shape index (κ3) is 2.91. The Kier molecular flexibility index (Phi) is 3.65. The molecule has 0 heterocycles. The van der Waals surface area contributed by atoms with Gasteiger partial charge in [0.1, 0.15) is 5.75 Å². The van der Waals surface area contributed by atoms with Gasteiger partial charge < -0.3 is 14.7 Å². The largest absolute Gasteiger partial charge is 0.707 e. The van der Waals surface area contributed by atoms with Crippen LogP contribution in [0, 0.1) is 0 Å². The minimum atomic E-state index is -1.80. The van der Waals surface area contributed by atoms with E-state index in [1.54, 1.807) is 12.1 Å². The molecule has 0 unspecified atom stereocenters. The van der Waals surface area contributed by atoms with Crippen molar-refractivity contribution in [2.75, 3.05) is 0 Å². The van der Waals surface area contributed by atoms with E-state index in [2.05, 4.69) is 36.9 Å². The highest BCUT2D eigenvalue weighted by Gasteiger charge is 2.11. The van der Waals surface area contributed by atoms with Crippen molar-refractivity contribution >= 4 is 28.9 Å². The third-order valence-corrected chi connectivity index (χ3v) is 3.45. The average molecular weight is 278 g/mol. The van der Waals surface area contributed by atoms with Crippen molar-refractivity contribution in [3.63, 3.8) is 0 Å². The summed E-state index contributed by atoms with van der Waals surface area (Å²) in [4.78, 5) is 0. The van der Waals surface area contributed by atoms with Gasteiger partial charge in [-0.05, 0) is 57.8 Å². The highest BCUT2D eigenvalue weighted by atomic mass is 16.6. The summed E-state index contributed by atoms with van der Waals surface area (Å²) in [5, 5.41) is 22.1. The molecule has 3 aromatic rings. The van der Waals surface area contributed by atoms with Crippen molar-refractivity contribution in [3.8, 4) is 5.75 Å². The standard InChI is InChI=1S/C17H15BO3/c1-2-3-12-4-5-13-10-16-11-17(21-18(19)20)7-6-14(16)9-15(13)8-12/h2,4-11,19-20H,1,3H2. The van der Waals surface area contributed by atoms with Crippen LogP contribution in [-0.2, 0) is 6.42 Å². The molecule has 2 N–H and O–H groups in total. The van der Waals surface area contributed by atoms with Gasteiger partial charge in [0.05, 0.1) is 0 Å². The molecule has 0 spiro atoms. The number of benzene rings is 3. The third-order valence-electron chi connectivity index (χ3n) is 3.45. The van der Waals surface area contributed by atoms with Gasteiger partial charge in [0.2, 0.25) is 0 Å². The maximum absolute atomic E-state index is 8.86. The fraction of sp³-hybridized carbons (Fsp3) is 0.0588. The summed E-state index contributed by atoms with van der Waals surface area (Å²) in [5.41, 5.74) is 1.24. The summed E-state index contributed by atoms with van der Waals surface area (Å²) in [7, 11) is -1.80. The molecule has 3 aromatic carbocycles. The molecule has 104 valence electrons. The van der Waals surface area contributed by atoms with E-state index >= 15 is 0 Å². The summed E-state index contributed by atoms with van der Waals surface area (Å²) < 4.78 is 4.89. The molecule has 21 heavy (non-hydrogen) atoms. The van der Waals surface area contributed by atoms with E-state index in [1.165, 1.54) is 10.9 Å². The minimum Gasteiger partial charge on any atom is -0.512 e. The van der Waals surface area contributed by atoms with Crippen LogP contribution in [0.5, 0.6) is 5.75 Å². The van der Waals surface area contributed by atoms with Gasteiger partial charge in [0.15, 0.2) is 0 Å². The maximum atomic E-state index is 8.86. The highest BCUT2D eigenvalue weighted by molar-refractivity contribution is 6.33. The first kappa shape index (κ1) is 13.7. The predicted molar refractivity (Wildman–Crippen MR) is 86.2 cm³/mol. The molecule has 0 saturated carbocycles.